The lowest BCUT2D eigenvalue weighted by molar-refractivity contribution is -0.157. The first-order chi connectivity index (χ1) is 24.0. The summed E-state index contributed by atoms with van der Waals surface area (Å²) >= 11 is 0. The quantitative estimate of drug-likeness (QED) is 0.215. The van der Waals surface area contributed by atoms with Crippen LogP contribution in [0.15, 0.2) is 104 Å². The van der Waals surface area contributed by atoms with Gasteiger partial charge in [0.1, 0.15) is 18.0 Å². The second kappa shape index (κ2) is 14.6. The predicted molar refractivity (Wildman–Crippen MR) is 191 cm³/mol. The molecule has 2 aliphatic rings. The number of rotatable bonds is 12. The Labute approximate surface area is 291 Å². The van der Waals surface area contributed by atoms with Crippen molar-refractivity contribution < 1.29 is 27.5 Å². The van der Waals surface area contributed by atoms with Crippen LogP contribution in [0.4, 0.5) is 10.5 Å². The number of carbonyl (C=O) groups is 3. The summed E-state index contributed by atoms with van der Waals surface area (Å²) in [6, 6.07) is 26.8. The van der Waals surface area contributed by atoms with E-state index in [2.05, 4.69) is 16.6 Å². The van der Waals surface area contributed by atoms with Gasteiger partial charge in [-0.05, 0) is 51.7 Å². The van der Waals surface area contributed by atoms with Crippen molar-refractivity contribution in [3.05, 3.63) is 120 Å². The monoisotopic (exact) mass is 696 g/mol. The Morgan fingerprint density at radius 2 is 1.68 bits per heavy atom. The van der Waals surface area contributed by atoms with Crippen molar-refractivity contribution in [3.8, 4) is 5.75 Å². The first-order valence-corrected chi connectivity index (χ1v) is 18.1. The van der Waals surface area contributed by atoms with E-state index in [9.17, 15) is 22.8 Å². The van der Waals surface area contributed by atoms with Crippen LogP contribution in [-0.2, 0) is 39.1 Å². The van der Waals surface area contributed by atoms with Gasteiger partial charge in [0.2, 0.25) is 21.8 Å². The van der Waals surface area contributed by atoms with E-state index in [0.717, 1.165) is 33.7 Å². The highest BCUT2D eigenvalue weighted by Crippen LogP contribution is 2.31. The molecular formula is C37H40N6O6S. The third-order valence-electron chi connectivity index (χ3n) is 8.94. The molecule has 0 bridgehead atoms. The number of amides is 4. The highest BCUT2D eigenvalue weighted by Gasteiger charge is 2.52. The summed E-state index contributed by atoms with van der Waals surface area (Å²) in [6.45, 7) is 4.65. The molecule has 0 unspecified atom stereocenters. The molecule has 0 saturated carbocycles. The van der Waals surface area contributed by atoms with Crippen molar-refractivity contribution in [2.24, 2.45) is 0 Å². The van der Waals surface area contributed by atoms with E-state index in [4.69, 9.17) is 4.74 Å². The fourth-order valence-electron chi connectivity index (χ4n) is 6.61. The number of benzene rings is 4. The minimum Gasteiger partial charge on any atom is -0.497 e. The summed E-state index contributed by atoms with van der Waals surface area (Å²) in [5.41, 5.74) is 2.99. The number of piperazine rings is 1. The van der Waals surface area contributed by atoms with Gasteiger partial charge < -0.3 is 19.9 Å². The summed E-state index contributed by atoms with van der Waals surface area (Å²) in [5, 5.41) is 8.25. The predicted octanol–water partition coefficient (Wildman–Crippen LogP) is 3.96. The maximum atomic E-state index is 14.4. The zero-order valence-electron chi connectivity index (χ0n) is 28.0. The van der Waals surface area contributed by atoms with Crippen molar-refractivity contribution in [2.45, 2.75) is 31.7 Å². The summed E-state index contributed by atoms with van der Waals surface area (Å²) in [6.07, 6.45) is 2.25. The average molecular weight is 697 g/mol. The smallest absolute Gasteiger partial charge is 0.332 e. The van der Waals surface area contributed by atoms with Gasteiger partial charge in [0.05, 0.1) is 33.0 Å². The van der Waals surface area contributed by atoms with E-state index in [1.54, 1.807) is 52.3 Å². The van der Waals surface area contributed by atoms with Gasteiger partial charge >= 0.3 is 6.03 Å². The number of hydrogen-bond donors (Lipinski definition) is 2. The van der Waals surface area contributed by atoms with Crippen LogP contribution in [-0.4, -0.2) is 91.3 Å². The number of methoxy groups -OCH3 is 1. The van der Waals surface area contributed by atoms with Crippen LogP contribution in [0.2, 0.25) is 0 Å². The number of sulfonamides is 1. The van der Waals surface area contributed by atoms with E-state index >= 15 is 0 Å². The zero-order valence-corrected chi connectivity index (χ0v) is 28.8. The molecule has 6 rings (SSSR count). The van der Waals surface area contributed by atoms with Crippen LogP contribution in [0.1, 0.15) is 16.7 Å². The van der Waals surface area contributed by atoms with Gasteiger partial charge in [0.15, 0.2) is 0 Å². The lowest BCUT2D eigenvalue weighted by Crippen LogP contribution is -2.66. The molecule has 2 fully saturated rings. The Morgan fingerprint density at radius 3 is 2.38 bits per heavy atom. The van der Waals surface area contributed by atoms with E-state index in [1.807, 2.05) is 66.7 Å². The lowest BCUT2D eigenvalue weighted by Gasteiger charge is -2.46. The van der Waals surface area contributed by atoms with Crippen LogP contribution >= 0.6 is 0 Å². The second-order valence-electron chi connectivity index (χ2n) is 12.4. The number of fused-ring (bicyclic) bond motifs is 2. The van der Waals surface area contributed by atoms with Gasteiger partial charge in [-0.15, -0.1) is 6.58 Å². The highest BCUT2D eigenvalue weighted by atomic mass is 32.2. The molecule has 50 heavy (non-hydrogen) atoms. The van der Waals surface area contributed by atoms with Crippen molar-refractivity contribution >= 4 is 44.3 Å². The Kier molecular flexibility index (Phi) is 10.1. The molecule has 2 saturated heterocycles. The third-order valence-corrected chi connectivity index (χ3v) is 9.55. The van der Waals surface area contributed by atoms with Crippen LogP contribution in [0.5, 0.6) is 5.75 Å². The molecule has 2 heterocycles. The molecule has 12 nitrogen and oxygen atoms in total. The Balaban J connectivity index is 1.30. The molecule has 0 aliphatic carbocycles. The largest absolute Gasteiger partial charge is 0.497 e. The van der Waals surface area contributed by atoms with Crippen molar-refractivity contribution in [1.82, 2.24) is 25.1 Å². The summed E-state index contributed by atoms with van der Waals surface area (Å²) < 4.78 is 31.2. The lowest BCUT2D eigenvalue weighted by atomic mass is 9.99. The van der Waals surface area contributed by atoms with Gasteiger partial charge in [0, 0.05) is 25.2 Å². The molecule has 4 amide bonds. The van der Waals surface area contributed by atoms with Gasteiger partial charge in [0.25, 0.3) is 0 Å². The van der Waals surface area contributed by atoms with Gasteiger partial charge in [-0.2, -0.15) is 5.01 Å². The molecule has 0 aromatic heterocycles. The summed E-state index contributed by atoms with van der Waals surface area (Å²) in [4.78, 5) is 45.3. The third kappa shape index (κ3) is 7.58. The van der Waals surface area contributed by atoms with Crippen LogP contribution < -0.4 is 14.8 Å². The fraction of sp³-hybridized carbons (Fsp3) is 0.270. The molecular weight excluding hydrogens is 657 g/mol. The first-order valence-electron chi connectivity index (χ1n) is 16.2. The minimum absolute atomic E-state index is 0.0996. The topological polar surface area (TPSA) is 132 Å². The zero-order chi connectivity index (χ0) is 35.4. The maximum Gasteiger partial charge on any atom is 0.332 e. The SMILES string of the molecule is C=CCN(C(=O)NCc1ccc(OC)cc1)N1CC(=O)N2[C@@H](Cc3ccc(NS(C)(=O)=O)cc3)C(=O)N(Cc3cccc4ccccc34)C[C@@H]21. The second-order valence-corrected chi connectivity index (χ2v) is 14.2. The van der Waals surface area contributed by atoms with Gasteiger partial charge in [-0.1, -0.05) is 72.8 Å². The Bertz CT molecular complexity index is 2000. The summed E-state index contributed by atoms with van der Waals surface area (Å²) in [7, 11) is -1.88. The molecule has 2 N–H and O–H groups in total. The van der Waals surface area contributed by atoms with Crippen LogP contribution in [0.3, 0.4) is 0 Å². The van der Waals surface area contributed by atoms with Crippen LogP contribution in [0, 0.1) is 0 Å². The van der Waals surface area contributed by atoms with Crippen LogP contribution in [0.25, 0.3) is 10.8 Å². The Hall–Kier alpha value is -5.40. The minimum atomic E-state index is -3.47. The normalized spacial score (nSPS) is 17.8. The molecule has 4 aromatic carbocycles. The Morgan fingerprint density at radius 1 is 0.980 bits per heavy atom. The first kappa shape index (κ1) is 34.5. The maximum absolute atomic E-state index is 14.4. The molecule has 13 heteroatoms. The van der Waals surface area contributed by atoms with Gasteiger partial charge in [-0.3, -0.25) is 19.3 Å². The van der Waals surface area contributed by atoms with Crippen molar-refractivity contribution in [3.63, 3.8) is 0 Å². The number of nitrogens with one attached hydrogen (secondary N) is 2. The number of anilines is 1. The number of hydrogen-bond acceptors (Lipinski definition) is 7. The number of nitrogens with zero attached hydrogens (tertiary/aromatic N) is 4. The molecule has 2 aliphatic heterocycles. The van der Waals surface area contributed by atoms with E-state index in [0.29, 0.717) is 18.0 Å². The standard InChI is InChI=1S/C37H40N6O6S/c1-4-20-41(37(46)38-22-27-14-18-31(49-2)19-15-27)42-25-35(44)43-33(21-26-12-16-30(17-13-26)39-50(3,47)48)36(45)40(24-34(42)43)23-29-10-7-9-28-8-5-6-11-32(28)29/h4-19,33-34,39H,1,20-25H2,2-3H3,(H,38,46)/t33-,34+/m0/s1. The number of carbonyl (C=O) groups excluding carboxylic acids is 3. The average Bonchev–Trinajstić information content (AvgIpc) is 3.43. The molecule has 2 atom stereocenters. The highest BCUT2D eigenvalue weighted by molar-refractivity contribution is 7.92. The number of hydrazine groups is 1. The molecule has 0 radical (unpaired) electrons. The van der Waals surface area contributed by atoms with Crippen molar-refractivity contribution in [1.29, 1.82) is 0 Å². The fourth-order valence-corrected chi connectivity index (χ4v) is 7.18. The number of urea groups is 1. The number of ether oxygens (including phenoxy) is 1. The van der Waals surface area contributed by atoms with Gasteiger partial charge in [-0.25, -0.2) is 13.2 Å². The van der Waals surface area contributed by atoms with E-state index < -0.39 is 28.3 Å². The molecule has 260 valence electrons. The summed E-state index contributed by atoms with van der Waals surface area (Å²) in [5.74, 6) is 0.229. The van der Waals surface area contributed by atoms with E-state index in [-0.39, 0.29) is 44.4 Å². The molecule has 0 spiro atoms. The molecule has 4 aromatic rings. The van der Waals surface area contributed by atoms with Crippen molar-refractivity contribution in [2.75, 3.05) is 37.7 Å². The van der Waals surface area contributed by atoms with E-state index in [1.165, 1.54) is 5.01 Å².